The number of hydrogen-bond donors (Lipinski definition) is 1. The molecule has 0 aliphatic heterocycles. The Morgan fingerprint density at radius 1 is 1.16 bits per heavy atom. The van der Waals surface area contributed by atoms with Crippen LogP contribution in [0, 0.1) is 11.8 Å². The minimum Gasteiger partial charge on any atom is -0.380 e. The van der Waals surface area contributed by atoms with Gasteiger partial charge in [0.1, 0.15) is 0 Å². The predicted molar refractivity (Wildman–Crippen MR) is 80.5 cm³/mol. The van der Waals surface area contributed by atoms with E-state index in [4.69, 9.17) is 4.74 Å². The molecule has 0 aromatic carbocycles. The van der Waals surface area contributed by atoms with Crippen molar-refractivity contribution in [1.29, 1.82) is 0 Å². The van der Waals surface area contributed by atoms with E-state index < -0.39 is 0 Å². The highest BCUT2D eigenvalue weighted by Crippen LogP contribution is 2.28. The van der Waals surface area contributed by atoms with Gasteiger partial charge in [-0.25, -0.2) is 0 Å². The summed E-state index contributed by atoms with van der Waals surface area (Å²) in [5.74, 6) is 1.81. The van der Waals surface area contributed by atoms with Gasteiger partial charge in [-0.2, -0.15) is 0 Å². The van der Waals surface area contributed by atoms with Gasteiger partial charge in [0, 0.05) is 32.3 Å². The van der Waals surface area contributed by atoms with E-state index in [9.17, 15) is 0 Å². The fourth-order valence-electron chi connectivity index (χ4n) is 2.95. The molecule has 0 bridgehead atoms. The van der Waals surface area contributed by atoms with Crippen LogP contribution < -0.4 is 5.32 Å². The lowest BCUT2D eigenvalue weighted by atomic mass is 9.87. The molecule has 2 fully saturated rings. The predicted octanol–water partition coefficient (Wildman–Crippen LogP) is 2.51. The summed E-state index contributed by atoms with van der Waals surface area (Å²) in [4.78, 5) is 2.38. The van der Waals surface area contributed by atoms with Crippen LogP contribution in [0.3, 0.4) is 0 Å². The first-order valence-electron chi connectivity index (χ1n) is 8.23. The van der Waals surface area contributed by atoms with E-state index in [1.807, 2.05) is 0 Å². The Kier molecular flexibility index (Phi) is 6.62. The molecule has 0 saturated heterocycles. The molecule has 2 aliphatic rings. The number of hydrogen-bond acceptors (Lipinski definition) is 3. The van der Waals surface area contributed by atoms with Gasteiger partial charge in [-0.05, 0) is 44.6 Å². The summed E-state index contributed by atoms with van der Waals surface area (Å²) in [6, 6.07) is 0.767. The van der Waals surface area contributed by atoms with Gasteiger partial charge in [0.2, 0.25) is 0 Å². The molecular formula is C16H32N2O. The molecule has 2 atom stereocenters. The molecule has 19 heavy (non-hydrogen) atoms. The molecule has 2 aliphatic carbocycles. The Morgan fingerprint density at radius 2 is 2.00 bits per heavy atom. The third kappa shape index (κ3) is 6.73. The van der Waals surface area contributed by atoms with Crippen LogP contribution in [0.25, 0.3) is 0 Å². The number of nitrogens with zero attached hydrogens (tertiary/aromatic N) is 1. The van der Waals surface area contributed by atoms with Crippen molar-refractivity contribution in [2.24, 2.45) is 11.8 Å². The molecule has 2 rings (SSSR count). The first kappa shape index (κ1) is 15.3. The normalized spacial score (nSPS) is 27.9. The zero-order valence-corrected chi connectivity index (χ0v) is 12.9. The third-order valence-corrected chi connectivity index (χ3v) is 4.53. The zero-order chi connectivity index (χ0) is 13.5. The van der Waals surface area contributed by atoms with Crippen molar-refractivity contribution in [2.45, 2.75) is 51.5 Å². The highest BCUT2D eigenvalue weighted by atomic mass is 16.5. The van der Waals surface area contributed by atoms with Gasteiger partial charge in [-0.15, -0.1) is 0 Å². The number of likely N-dealkylation sites (N-methyl/N-ethyl adjacent to an activating group) is 1. The van der Waals surface area contributed by atoms with Gasteiger partial charge >= 0.3 is 0 Å². The molecule has 2 saturated carbocycles. The minimum absolute atomic E-state index is 0.767. The van der Waals surface area contributed by atoms with Gasteiger partial charge in [-0.3, -0.25) is 0 Å². The molecule has 0 aromatic heterocycles. The average molecular weight is 268 g/mol. The standard InChI is InChI=1S/C16H32N2O/c1-14-4-3-5-16(12-14)17-8-9-18(2)10-11-19-13-15-6-7-15/h14-17H,3-13H2,1-2H3. The SMILES string of the molecule is CC1CCCC(NCCN(C)CCOCC2CC2)C1. The van der Waals surface area contributed by atoms with Crippen molar-refractivity contribution in [3.05, 3.63) is 0 Å². The lowest BCUT2D eigenvalue weighted by molar-refractivity contribution is 0.103. The smallest absolute Gasteiger partial charge is 0.0593 e. The Hall–Kier alpha value is -0.120. The Balaban J connectivity index is 1.42. The lowest BCUT2D eigenvalue weighted by Crippen LogP contribution is -2.39. The van der Waals surface area contributed by atoms with Crippen LogP contribution in [-0.2, 0) is 4.74 Å². The largest absolute Gasteiger partial charge is 0.380 e. The fourth-order valence-corrected chi connectivity index (χ4v) is 2.95. The molecule has 0 heterocycles. The molecule has 112 valence electrons. The van der Waals surface area contributed by atoms with Crippen molar-refractivity contribution in [3.8, 4) is 0 Å². The molecule has 0 spiro atoms. The molecule has 0 radical (unpaired) electrons. The molecule has 3 heteroatoms. The summed E-state index contributed by atoms with van der Waals surface area (Å²) in [5.41, 5.74) is 0. The van der Waals surface area contributed by atoms with E-state index in [1.54, 1.807) is 0 Å². The Bertz CT molecular complexity index is 243. The van der Waals surface area contributed by atoms with Crippen molar-refractivity contribution < 1.29 is 4.74 Å². The van der Waals surface area contributed by atoms with Crippen LogP contribution in [0.1, 0.15) is 45.4 Å². The second kappa shape index (κ2) is 8.23. The topological polar surface area (TPSA) is 24.5 Å². The highest BCUT2D eigenvalue weighted by Gasteiger charge is 2.21. The Morgan fingerprint density at radius 3 is 2.74 bits per heavy atom. The van der Waals surface area contributed by atoms with Crippen LogP contribution in [-0.4, -0.2) is 50.8 Å². The van der Waals surface area contributed by atoms with E-state index in [-0.39, 0.29) is 0 Å². The van der Waals surface area contributed by atoms with Crippen molar-refractivity contribution in [2.75, 3.05) is 39.9 Å². The maximum atomic E-state index is 5.68. The summed E-state index contributed by atoms with van der Waals surface area (Å²) in [6.07, 6.45) is 8.35. The summed E-state index contributed by atoms with van der Waals surface area (Å²) >= 11 is 0. The molecule has 3 nitrogen and oxygen atoms in total. The van der Waals surface area contributed by atoms with Gasteiger partial charge < -0.3 is 15.0 Å². The first-order chi connectivity index (χ1) is 9.24. The second-order valence-electron chi connectivity index (χ2n) is 6.74. The quantitative estimate of drug-likeness (QED) is 0.650. The minimum atomic E-state index is 0.767. The van der Waals surface area contributed by atoms with Gasteiger partial charge in [-0.1, -0.05) is 19.8 Å². The molecule has 1 N–H and O–H groups in total. The summed E-state index contributed by atoms with van der Waals surface area (Å²) < 4.78 is 5.68. The highest BCUT2D eigenvalue weighted by molar-refractivity contribution is 4.76. The number of ether oxygens (including phenoxy) is 1. The molecule has 0 aromatic rings. The number of rotatable bonds is 9. The van der Waals surface area contributed by atoms with Gasteiger partial charge in [0.05, 0.1) is 6.61 Å². The van der Waals surface area contributed by atoms with E-state index in [0.717, 1.165) is 50.7 Å². The van der Waals surface area contributed by atoms with E-state index >= 15 is 0 Å². The summed E-state index contributed by atoms with van der Waals surface area (Å²) in [7, 11) is 2.20. The van der Waals surface area contributed by atoms with Crippen LogP contribution in [0.2, 0.25) is 0 Å². The summed E-state index contributed by atoms with van der Waals surface area (Å²) in [5, 5.41) is 3.72. The van der Waals surface area contributed by atoms with Crippen LogP contribution in [0.15, 0.2) is 0 Å². The van der Waals surface area contributed by atoms with Crippen molar-refractivity contribution >= 4 is 0 Å². The van der Waals surface area contributed by atoms with E-state index in [2.05, 4.69) is 24.2 Å². The van der Waals surface area contributed by atoms with Crippen LogP contribution >= 0.6 is 0 Å². The molecular weight excluding hydrogens is 236 g/mol. The lowest BCUT2D eigenvalue weighted by Gasteiger charge is -2.28. The van der Waals surface area contributed by atoms with Crippen molar-refractivity contribution in [3.63, 3.8) is 0 Å². The fraction of sp³-hybridized carbons (Fsp3) is 1.00. The maximum Gasteiger partial charge on any atom is 0.0593 e. The third-order valence-electron chi connectivity index (χ3n) is 4.53. The van der Waals surface area contributed by atoms with Gasteiger partial charge in [0.15, 0.2) is 0 Å². The van der Waals surface area contributed by atoms with Crippen LogP contribution in [0.5, 0.6) is 0 Å². The zero-order valence-electron chi connectivity index (χ0n) is 12.9. The Labute approximate surface area is 119 Å². The van der Waals surface area contributed by atoms with E-state index in [1.165, 1.54) is 38.5 Å². The van der Waals surface area contributed by atoms with Crippen LogP contribution in [0.4, 0.5) is 0 Å². The maximum absolute atomic E-state index is 5.68. The summed E-state index contributed by atoms with van der Waals surface area (Å²) in [6.45, 7) is 7.60. The molecule has 2 unspecified atom stereocenters. The molecule has 0 amide bonds. The van der Waals surface area contributed by atoms with E-state index in [0.29, 0.717) is 0 Å². The second-order valence-corrected chi connectivity index (χ2v) is 6.74. The number of nitrogens with one attached hydrogen (secondary N) is 1. The first-order valence-corrected chi connectivity index (χ1v) is 8.23. The average Bonchev–Trinajstić information content (AvgIpc) is 3.19. The van der Waals surface area contributed by atoms with Gasteiger partial charge in [0.25, 0.3) is 0 Å². The van der Waals surface area contributed by atoms with Crippen molar-refractivity contribution in [1.82, 2.24) is 10.2 Å². The monoisotopic (exact) mass is 268 g/mol.